The number of hydrogen-bond acceptors (Lipinski definition) is 6. The molecule has 1 saturated heterocycles. The number of nitrogens with one attached hydrogen (secondary N) is 2. The van der Waals surface area contributed by atoms with E-state index in [1.165, 1.54) is 16.8 Å². The number of amides is 2. The number of hydrogen-bond donors (Lipinski definition) is 2. The Bertz CT molecular complexity index is 1420. The van der Waals surface area contributed by atoms with Crippen LogP contribution >= 0.6 is 0 Å². The number of aromatic nitrogens is 1. The highest BCUT2D eigenvalue weighted by Crippen LogP contribution is 2.29. The molecule has 1 aliphatic rings. The van der Waals surface area contributed by atoms with Gasteiger partial charge in [0.1, 0.15) is 5.75 Å². The zero-order chi connectivity index (χ0) is 33.2. The first kappa shape index (κ1) is 35.0. The van der Waals surface area contributed by atoms with Crippen molar-refractivity contribution in [1.29, 1.82) is 0 Å². The van der Waals surface area contributed by atoms with E-state index in [-0.39, 0.29) is 11.8 Å². The average Bonchev–Trinajstić information content (AvgIpc) is 3.04. The number of likely N-dealkylation sites (tertiary alicyclic amines) is 1. The average molecular weight is 628 g/mol. The first-order chi connectivity index (χ1) is 22.1. The fourth-order valence-electron chi connectivity index (χ4n) is 6.38. The number of piperidine rings is 1. The number of aryl methyl sites for hydroxylation is 3. The maximum absolute atomic E-state index is 13.2. The number of carbonyl (C=O) groups excluding carboxylic acids is 2. The lowest BCUT2D eigenvalue weighted by atomic mass is 9.97. The molecule has 46 heavy (non-hydrogen) atoms. The predicted molar refractivity (Wildman–Crippen MR) is 187 cm³/mol. The minimum atomic E-state index is -0.0873. The molecule has 1 fully saturated rings. The van der Waals surface area contributed by atoms with Crippen molar-refractivity contribution in [1.82, 2.24) is 20.5 Å². The van der Waals surface area contributed by atoms with Crippen LogP contribution in [0.2, 0.25) is 0 Å². The number of benzene rings is 2. The van der Waals surface area contributed by atoms with Gasteiger partial charge in [-0.05, 0) is 124 Å². The molecule has 2 aromatic carbocycles. The number of nitrogens with zero attached hydrogens (tertiary/aromatic N) is 3. The molecule has 1 aliphatic heterocycles. The van der Waals surface area contributed by atoms with Crippen molar-refractivity contribution in [3.63, 3.8) is 0 Å². The highest BCUT2D eigenvalue weighted by atomic mass is 16.5. The fourth-order valence-corrected chi connectivity index (χ4v) is 6.38. The molecule has 2 amide bonds. The smallest absolute Gasteiger partial charge is 0.251 e. The number of carbonyl (C=O) groups is 2. The maximum Gasteiger partial charge on any atom is 0.251 e. The second-order valence-electron chi connectivity index (χ2n) is 13.2. The lowest BCUT2D eigenvalue weighted by Crippen LogP contribution is -2.48. The Morgan fingerprint density at radius 3 is 2.15 bits per heavy atom. The van der Waals surface area contributed by atoms with E-state index < -0.39 is 0 Å². The minimum absolute atomic E-state index is 0.0755. The van der Waals surface area contributed by atoms with Crippen LogP contribution in [0.4, 0.5) is 5.69 Å². The minimum Gasteiger partial charge on any atom is -0.497 e. The zero-order valence-corrected chi connectivity index (χ0v) is 28.9. The highest BCUT2D eigenvalue weighted by Gasteiger charge is 2.28. The molecule has 1 atom stereocenters. The van der Waals surface area contributed by atoms with Gasteiger partial charge in [-0.3, -0.25) is 14.6 Å². The van der Waals surface area contributed by atoms with Crippen molar-refractivity contribution in [3.05, 3.63) is 88.2 Å². The van der Waals surface area contributed by atoms with Gasteiger partial charge in [0.2, 0.25) is 0 Å². The number of methoxy groups -OCH3 is 1. The SMILES string of the molecule is COc1ccc(N(Cc2cnccc2C)C2CCN([C@H](C)CCNC(=O)c3c(C)cc(C(=O)NCCC(C)C)cc3C)CC2)cc1. The maximum atomic E-state index is 13.2. The molecular formula is C38H53N5O3. The second kappa shape index (κ2) is 16.6. The first-order valence-corrected chi connectivity index (χ1v) is 16.8. The van der Waals surface area contributed by atoms with E-state index in [0.29, 0.717) is 42.2 Å². The number of pyridine rings is 1. The molecule has 1 aromatic heterocycles. The van der Waals surface area contributed by atoms with E-state index in [1.807, 2.05) is 50.5 Å². The van der Waals surface area contributed by atoms with E-state index in [4.69, 9.17) is 4.74 Å². The van der Waals surface area contributed by atoms with Crippen molar-refractivity contribution in [2.24, 2.45) is 5.92 Å². The molecule has 0 bridgehead atoms. The van der Waals surface area contributed by atoms with Gasteiger partial charge in [-0.1, -0.05) is 13.8 Å². The van der Waals surface area contributed by atoms with Gasteiger partial charge < -0.3 is 25.2 Å². The van der Waals surface area contributed by atoms with Gasteiger partial charge in [0, 0.05) is 74.0 Å². The van der Waals surface area contributed by atoms with E-state index in [1.54, 1.807) is 7.11 Å². The molecule has 8 heteroatoms. The Morgan fingerprint density at radius 1 is 0.913 bits per heavy atom. The van der Waals surface area contributed by atoms with Gasteiger partial charge in [-0.2, -0.15) is 0 Å². The van der Waals surface area contributed by atoms with Crippen molar-refractivity contribution in [2.75, 3.05) is 38.2 Å². The summed E-state index contributed by atoms with van der Waals surface area (Å²) in [6.07, 6.45) is 7.79. The number of anilines is 1. The number of rotatable bonds is 14. The Balaban J connectivity index is 1.30. The molecule has 0 aliphatic carbocycles. The molecule has 3 aromatic rings. The van der Waals surface area contributed by atoms with Gasteiger partial charge in [0.05, 0.1) is 7.11 Å². The molecule has 0 saturated carbocycles. The lowest BCUT2D eigenvalue weighted by Gasteiger charge is -2.42. The Kier molecular flexibility index (Phi) is 12.6. The summed E-state index contributed by atoms with van der Waals surface area (Å²) in [4.78, 5) is 35.3. The van der Waals surface area contributed by atoms with Crippen molar-refractivity contribution in [3.8, 4) is 5.75 Å². The second-order valence-corrected chi connectivity index (χ2v) is 13.2. The Labute approximate surface area is 275 Å². The summed E-state index contributed by atoms with van der Waals surface area (Å²) < 4.78 is 5.41. The molecule has 0 spiro atoms. The quantitative estimate of drug-likeness (QED) is 0.213. The van der Waals surface area contributed by atoms with Crippen molar-refractivity contribution >= 4 is 17.5 Å². The topological polar surface area (TPSA) is 86.8 Å². The molecule has 4 rings (SSSR count). The lowest BCUT2D eigenvalue weighted by molar-refractivity contribution is 0.0934. The Morgan fingerprint density at radius 2 is 1.54 bits per heavy atom. The van der Waals surface area contributed by atoms with Gasteiger partial charge >= 0.3 is 0 Å². The van der Waals surface area contributed by atoms with Crippen LogP contribution in [0.25, 0.3) is 0 Å². The molecule has 2 N–H and O–H groups in total. The summed E-state index contributed by atoms with van der Waals surface area (Å²) >= 11 is 0. The van der Waals surface area contributed by atoms with Crippen LogP contribution in [-0.4, -0.2) is 67.1 Å². The summed E-state index contributed by atoms with van der Waals surface area (Å²) in [5.41, 5.74) is 6.61. The number of ether oxygens (including phenoxy) is 1. The van der Waals surface area contributed by atoms with Crippen LogP contribution in [0.5, 0.6) is 5.75 Å². The van der Waals surface area contributed by atoms with E-state index in [2.05, 4.69) is 71.3 Å². The Hall–Kier alpha value is -3.91. The summed E-state index contributed by atoms with van der Waals surface area (Å²) in [7, 11) is 1.70. The van der Waals surface area contributed by atoms with E-state index >= 15 is 0 Å². The zero-order valence-electron chi connectivity index (χ0n) is 28.9. The molecule has 248 valence electrons. The third-order valence-corrected chi connectivity index (χ3v) is 9.33. The van der Waals surface area contributed by atoms with Crippen molar-refractivity contribution < 1.29 is 14.3 Å². The summed E-state index contributed by atoms with van der Waals surface area (Å²) in [5, 5.41) is 6.14. The first-order valence-electron chi connectivity index (χ1n) is 16.8. The third kappa shape index (κ3) is 9.32. The predicted octanol–water partition coefficient (Wildman–Crippen LogP) is 6.47. The van der Waals surface area contributed by atoms with E-state index in [0.717, 1.165) is 62.2 Å². The summed E-state index contributed by atoms with van der Waals surface area (Å²) in [5.74, 6) is 1.23. The van der Waals surface area contributed by atoms with Crippen LogP contribution < -0.4 is 20.3 Å². The van der Waals surface area contributed by atoms with E-state index in [9.17, 15) is 9.59 Å². The van der Waals surface area contributed by atoms with Crippen LogP contribution in [-0.2, 0) is 6.54 Å². The standard InChI is InChI=1S/C38H53N5O3/c1-26(2)12-18-40-37(44)31-22-28(4)36(29(5)23-31)38(45)41-19-14-30(6)42-20-15-34(16-21-42)43(25-32-24-39-17-13-27(32)3)33-8-10-35(46-7)11-9-33/h8-11,13,17,22-24,26,30,34H,12,14-16,18-21,25H2,1-7H3,(H,40,44)(H,41,45)/t30-/m1/s1. The normalized spacial score (nSPS) is 14.6. The van der Waals surface area contributed by atoms with Crippen LogP contribution in [0.1, 0.15) is 89.4 Å². The van der Waals surface area contributed by atoms with Gasteiger partial charge in [0.15, 0.2) is 0 Å². The molecule has 0 radical (unpaired) electrons. The summed E-state index contributed by atoms with van der Waals surface area (Å²) in [6, 6.07) is 14.9. The molecule has 2 heterocycles. The highest BCUT2D eigenvalue weighted by molar-refractivity contribution is 6.00. The van der Waals surface area contributed by atoms with Crippen molar-refractivity contribution in [2.45, 2.75) is 85.9 Å². The largest absolute Gasteiger partial charge is 0.497 e. The van der Waals surface area contributed by atoms with Crippen LogP contribution in [0, 0.1) is 26.7 Å². The molecule has 8 nitrogen and oxygen atoms in total. The third-order valence-electron chi connectivity index (χ3n) is 9.33. The molecule has 0 unspecified atom stereocenters. The molecular weight excluding hydrogens is 574 g/mol. The van der Waals surface area contributed by atoms with Crippen LogP contribution in [0.15, 0.2) is 54.9 Å². The van der Waals surface area contributed by atoms with Gasteiger partial charge in [-0.25, -0.2) is 0 Å². The fraction of sp³-hybridized carbons (Fsp3) is 0.500. The van der Waals surface area contributed by atoms with Gasteiger partial charge in [-0.15, -0.1) is 0 Å². The van der Waals surface area contributed by atoms with Crippen LogP contribution in [0.3, 0.4) is 0 Å². The monoisotopic (exact) mass is 627 g/mol. The van der Waals surface area contributed by atoms with Gasteiger partial charge in [0.25, 0.3) is 11.8 Å². The summed E-state index contributed by atoms with van der Waals surface area (Å²) in [6.45, 7) is 16.6.